The lowest BCUT2D eigenvalue weighted by molar-refractivity contribution is 0.102. The van der Waals surface area contributed by atoms with Gasteiger partial charge < -0.3 is 15.0 Å². The van der Waals surface area contributed by atoms with Crippen molar-refractivity contribution < 1.29 is 17.9 Å². The van der Waals surface area contributed by atoms with Crippen molar-refractivity contribution in [2.45, 2.75) is 4.90 Å². The maximum absolute atomic E-state index is 12.9. The van der Waals surface area contributed by atoms with Crippen molar-refractivity contribution in [2.24, 2.45) is 0 Å². The van der Waals surface area contributed by atoms with E-state index in [-0.39, 0.29) is 15.5 Å². The monoisotopic (exact) mass is 457 g/mol. The Bertz CT molecular complexity index is 1020. The lowest BCUT2D eigenvalue weighted by atomic mass is 10.2. The quantitative estimate of drug-likeness (QED) is 0.744. The summed E-state index contributed by atoms with van der Waals surface area (Å²) in [6.45, 7) is 2.57. The van der Waals surface area contributed by atoms with Gasteiger partial charge in [0, 0.05) is 37.8 Å². The zero-order valence-corrected chi connectivity index (χ0v) is 18.3. The van der Waals surface area contributed by atoms with E-state index in [9.17, 15) is 13.2 Å². The van der Waals surface area contributed by atoms with Crippen LogP contribution in [0.3, 0.4) is 0 Å². The molecule has 1 aliphatic rings. The first-order chi connectivity index (χ1) is 13.7. The third-order valence-corrected chi connectivity index (χ3v) is 7.04. The molecule has 0 aliphatic carbocycles. The van der Waals surface area contributed by atoms with Gasteiger partial charge in [-0.2, -0.15) is 0 Å². The molecule has 0 bridgehead atoms. The second-order valence-electron chi connectivity index (χ2n) is 6.65. The fourth-order valence-electron chi connectivity index (χ4n) is 2.92. The highest BCUT2D eigenvalue weighted by atomic mass is 35.5. The molecule has 29 heavy (non-hydrogen) atoms. The number of hydrogen-bond acceptors (Lipinski definition) is 5. The normalized spacial score (nSPS) is 14.9. The van der Waals surface area contributed by atoms with E-state index in [2.05, 4.69) is 10.2 Å². The summed E-state index contributed by atoms with van der Waals surface area (Å²) in [5.41, 5.74) is 1.53. The number of carbonyl (C=O) groups excluding carboxylic acids is 1. The Hall–Kier alpha value is -1.84. The Morgan fingerprint density at radius 2 is 1.79 bits per heavy atom. The average molecular weight is 458 g/mol. The zero-order chi connectivity index (χ0) is 21.2. The molecular formula is C19H21Cl2N3O4S. The van der Waals surface area contributed by atoms with Crippen molar-refractivity contribution in [2.75, 3.05) is 50.6 Å². The smallest absolute Gasteiger partial charge is 0.255 e. The van der Waals surface area contributed by atoms with Gasteiger partial charge in [-0.15, -0.1) is 0 Å². The maximum atomic E-state index is 12.9. The number of sulfonamides is 1. The predicted molar refractivity (Wildman–Crippen MR) is 115 cm³/mol. The van der Waals surface area contributed by atoms with Crippen LogP contribution in [0.5, 0.6) is 0 Å². The maximum Gasteiger partial charge on any atom is 0.255 e. The number of amides is 1. The first kappa shape index (κ1) is 21.9. The van der Waals surface area contributed by atoms with Crippen LogP contribution in [-0.4, -0.2) is 59.0 Å². The topological polar surface area (TPSA) is 79.0 Å². The molecule has 1 amide bonds. The number of ether oxygens (including phenoxy) is 1. The number of hydrogen-bond donors (Lipinski definition) is 1. The minimum atomic E-state index is -3.79. The molecule has 156 valence electrons. The number of anilines is 2. The fraction of sp³-hybridized carbons (Fsp3) is 0.316. The molecule has 10 heteroatoms. The molecule has 0 saturated carbocycles. The van der Waals surface area contributed by atoms with Crippen molar-refractivity contribution in [1.82, 2.24) is 4.31 Å². The highest BCUT2D eigenvalue weighted by Gasteiger charge is 2.23. The highest BCUT2D eigenvalue weighted by molar-refractivity contribution is 7.89. The van der Waals surface area contributed by atoms with Crippen molar-refractivity contribution >= 4 is 50.5 Å². The highest BCUT2D eigenvalue weighted by Crippen LogP contribution is 2.31. The molecule has 0 aromatic heterocycles. The van der Waals surface area contributed by atoms with Gasteiger partial charge in [0.05, 0.1) is 29.6 Å². The number of carbonyl (C=O) groups is 1. The first-order valence-corrected chi connectivity index (χ1v) is 11.1. The van der Waals surface area contributed by atoms with Crippen molar-refractivity contribution in [3.05, 3.63) is 52.0 Å². The van der Waals surface area contributed by atoms with Crippen molar-refractivity contribution in [3.8, 4) is 0 Å². The summed E-state index contributed by atoms with van der Waals surface area (Å²) in [4.78, 5) is 14.8. The largest absolute Gasteiger partial charge is 0.378 e. The summed E-state index contributed by atoms with van der Waals surface area (Å²) in [5, 5.41) is 3.36. The van der Waals surface area contributed by atoms with Gasteiger partial charge >= 0.3 is 0 Å². The molecule has 0 unspecified atom stereocenters. The standard InChI is InChI=1S/C19H21Cl2N3O4S/c1-23(2)29(26,27)18-11-13(3-5-15(18)21)19(25)22-16-12-14(20)4-6-17(16)24-7-9-28-10-8-24/h3-6,11-12H,7-10H2,1-2H3,(H,22,25). The molecule has 1 N–H and O–H groups in total. The Kier molecular flexibility index (Phi) is 6.70. The van der Waals surface area contributed by atoms with Crippen LogP contribution in [-0.2, 0) is 14.8 Å². The van der Waals surface area contributed by atoms with E-state index in [0.717, 1.165) is 9.99 Å². The molecule has 2 aromatic carbocycles. The van der Waals surface area contributed by atoms with Crippen LogP contribution in [0.15, 0.2) is 41.3 Å². The zero-order valence-electron chi connectivity index (χ0n) is 16.0. The van der Waals surface area contributed by atoms with E-state index in [4.69, 9.17) is 27.9 Å². The second kappa shape index (κ2) is 8.89. The van der Waals surface area contributed by atoms with E-state index in [0.29, 0.717) is 37.0 Å². The average Bonchev–Trinajstić information content (AvgIpc) is 2.68. The lowest BCUT2D eigenvalue weighted by Crippen LogP contribution is -2.36. The van der Waals surface area contributed by atoms with Gasteiger partial charge in [-0.1, -0.05) is 23.2 Å². The summed E-state index contributed by atoms with van der Waals surface area (Å²) in [6, 6.07) is 9.40. The number of halogens is 2. The van der Waals surface area contributed by atoms with Gasteiger partial charge in [-0.05, 0) is 36.4 Å². The van der Waals surface area contributed by atoms with Crippen LogP contribution in [0.25, 0.3) is 0 Å². The van der Waals surface area contributed by atoms with Gasteiger partial charge in [0.1, 0.15) is 4.90 Å². The van der Waals surface area contributed by atoms with Gasteiger partial charge in [0.25, 0.3) is 5.91 Å². The van der Waals surface area contributed by atoms with Crippen LogP contribution in [0.4, 0.5) is 11.4 Å². The van der Waals surface area contributed by atoms with E-state index in [1.807, 2.05) is 6.07 Å². The SMILES string of the molecule is CN(C)S(=O)(=O)c1cc(C(=O)Nc2cc(Cl)ccc2N2CCOCC2)ccc1Cl. The molecule has 3 rings (SSSR count). The van der Waals surface area contributed by atoms with E-state index < -0.39 is 15.9 Å². The van der Waals surface area contributed by atoms with Crippen LogP contribution < -0.4 is 10.2 Å². The Morgan fingerprint density at radius 1 is 1.10 bits per heavy atom. The van der Waals surface area contributed by atoms with E-state index in [1.54, 1.807) is 12.1 Å². The summed E-state index contributed by atoms with van der Waals surface area (Å²) in [6.07, 6.45) is 0. The van der Waals surface area contributed by atoms with Crippen LogP contribution in [0.1, 0.15) is 10.4 Å². The van der Waals surface area contributed by atoms with Gasteiger partial charge in [0.2, 0.25) is 10.0 Å². The third kappa shape index (κ3) is 4.84. The van der Waals surface area contributed by atoms with Gasteiger partial charge in [-0.3, -0.25) is 4.79 Å². The predicted octanol–water partition coefficient (Wildman–Crippen LogP) is 3.33. The molecule has 1 fully saturated rings. The number of nitrogens with one attached hydrogen (secondary N) is 1. The van der Waals surface area contributed by atoms with Crippen LogP contribution in [0, 0.1) is 0 Å². The summed E-state index contributed by atoms with van der Waals surface area (Å²) in [7, 11) is -0.987. The summed E-state index contributed by atoms with van der Waals surface area (Å²) in [5.74, 6) is -0.464. The van der Waals surface area contributed by atoms with Gasteiger partial charge in [0.15, 0.2) is 0 Å². The molecule has 0 radical (unpaired) electrons. The Balaban J connectivity index is 1.92. The Morgan fingerprint density at radius 3 is 2.45 bits per heavy atom. The fourth-order valence-corrected chi connectivity index (χ4v) is 4.49. The van der Waals surface area contributed by atoms with Gasteiger partial charge in [-0.25, -0.2) is 12.7 Å². The molecule has 1 saturated heterocycles. The van der Waals surface area contributed by atoms with Crippen molar-refractivity contribution in [3.63, 3.8) is 0 Å². The minimum absolute atomic E-state index is 0.0482. The Labute approximate surface area is 180 Å². The third-order valence-electron chi connectivity index (χ3n) is 4.51. The molecule has 0 spiro atoms. The number of benzene rings is 2. The molecule has 1 aliphatic heterocycles. The van der Waals surface area contributed by atoms with E-state index in [1.165, 1.54) is 32.3 Å². The molecule has 1 heterocycles. The molecule has 2 aromatic rings. The summed E-state index contributed by atoms with van der Waals surface area (Å²) >= 11 is 12.2. The summed E-state index contributed by atoms with van der Waals surface area (Å²) < 4.78 is 31.4. The molecular weight excluding hydrogens is 437 g/mol. The van der Waals surface area contributed by atoms with Crippen LogP contribution in [0.2, 0.25) is 10.0 Å². The van der Waals surface area contributed by atoms with Crippen LogP contribution >= 0.6 is 23.2 Å². The number of rotatable bonds is 5. The number of nitrogens with zero attached hydrogens (tertiary/aromatic N) is 2. The first-order valence-electron chi connectivity index (χ1n) is 8.86. The lowest BCUT2D eigenvalue weighted by Gasteiger charge is -2.30. The molecule has 0 atom stereocenters. The molecule has 7 nitrogen and oxygen atoms in total. The minimum Gasteiger partial charge on any atom is -0.378 e. The number of morpholine rings is 1. The van der Waals surface area contributed by atoms with E-state index >= 15 is 0 Å². The second-order valence-corrected chi connectivity index (χ2v) is 9.61. The van der Waals surface area contributed by atoms with Crippen molar-refractivity contribution in [1.29, 1.82) is 0 Å².